The average Bonchev–Trinajstić information content (AvgIpc) is 2.74. The van der Waals surface area contributed by atoms with Crippen LogP contribution in [0.4, 0.5) is 21.7 Å². The largest absolute Gasteiger partial charge is 0.399 e. The molecule has 0 radical (unpaired) electrons. The summed E-state index contributed by atoms with van der Waals surface area (Å²) in [5.74, 6) is 0.141. The molecule has 3 aromatic rings. The number of nitrogen functional groups attached to an aromatic ring is 1. The molecule has 0 atom stereocenters. The van der Waals surface area contributed by atoms with E-state index in [0.29, 0.717) is 22.3 Å². The molecule has 96 valence electrons. The van der Waals surface area contributed by atoms with Gasteiger partial charge in [-0.1, -0.05) is 11.6 Å². The summed E-state index contributed by atoms with van der Waals surface area (Å²) in [5, 5.41) is 3.29. The minimum atomic E-state index is -0.382. The lowest BCUT2D eigenvalue weighted by molar-refractivity contribution is 0.628. The number of nitrogens with one attached hydrogen (secondary N) is 2. The van der Waals surface area contributed by atoms with Gasteiger partial charge >= 0.3 is 0 Å². The molecule has 0 saturated carbocycles. The van der Waals surface area contributed by atoms with E-state index in [9.17, 15) is 4.39 Å². The standard InChI is InChI=1S/C13H10ClFN4/c14-9-5-7(15)1-3-10(9)17-13-18-11-4-2-8(16)6-12(11)19-13/h1-6H,16H2,(H2,17,18,19). The molecule has 1 heterocycles. The van der Waals surface area contributed by atoms with E-state index in [1.807, 2.05) is 6.07 Å². The zero-order valence-electron chi connectivity index (χ0n) is 9.74. The van der Waals surface area contributed by atoms with Crippen molar-refractivity contribution in [3.63, 3.8) is 0 Å². The van der Waals surface area contributed by atoms with Gasteiger partial charge in [0.05, 0.1) is 21.7 Å². The molecular weight excluding hydrogens is 267 g/mol. The lowest BCUT2D eigenvalue weighted by Gasteiger charge is -2.04. The average molecular weight is 277 g/mol. The maximum atomic E-state index is 12.9. The van der Waals surface area contributed by atoms with Crippen molar-refractivity contribution >= 4 is 40.0 Å². The van der Waals surface area contributed by atoms with Crippen LogP contribution in [0.25, 0.3) is 11.0 Å². The number of aromatic nitrogens is 2. The van der Waals surface area contributed by atoms with E-state index in [4.69, 9.17) is 17.3 Å². The van der Waals surface area contributed by atoms with Crippen LogP contribution < -0.4 is 11.1 Å². The number of H-pyrrole nitrogens is 1. The summed E-state index contributed by atoms with van der Waals surface area (Å²) in [6.45, 7) is 0. The van der Waals surface area contributed by atoms with Crippen molar-refractivity contribution in [2.24, 2.45) is 0 Å². The second kappa shape index (κ2) is 4.44. The quantitative estimate of drug-likeness (QED) is 0.626. The van der Waals surface area contributed by atoms with Crippen molar-refractivity contribution < 1.29 is 4.39 Å². The molecule has 0 aliphatic carbocycles. The van der Waals surface area contributed by atoms with Crippen LogP contribution in [0.15, 0.2) is 36.4 Å². The number of aromatic amines is 1. The van der Waals surface area contributed by atoms with Crippen molar-refractivity contribution in [1.29, 1.82) is 0 Å². The van der Waals surface area contributed by atoms with Gasteiger partial charge in [0.15, 0.2) is 0 Å². The zero-order chi connectivity index (χ0) is 13.4. The smallest absolute Gasteiger partial charge is 0.205 e. The Hall–Kier alpha value is -2.27. The third-order valence-corrected chi connectivity index (χ3v) is 3.00. The fourth-order valence-corrected chi connectivity index (χ4v) is 2.02. The van der Waals surface area contributed by atoms with E-state index in [0.717, 1.165) is 11.0 Å². The second-order valence-electron chi connectivity index (χ2n) is 4.11. The summed E-state index contributed by atoms with van der Waals surface area (Å²) in [5.41, 5.74) is 8.54. The first-order valence-corrected chi connectivity index (χ1v) is 5.97. The molecule has 19 heavy (non-hydrogen) atoms. The number of fused-ring (bicyclic) bond motifs is 1. The number of halogens is 2. The molecule has 0 aliphatic heterocycles. The summed E-state index contributed by atoms with van der Waals surface area (Å²) >= 11 is 5.94. The summed E-state index contributed by atoms with van der Waals surface area (Å²) < 4.78 is 12.9. The predicted octanol–water partition coefficient (Wildman–Crippen LogP) is 3.68. The number of nitrogens with two attached hydrogens (primary N) is 1. The number of hydrogen-bond donors (Lipinski definition) is 3. The molecule has 0 unspecified atom stereocenters. The van der Waals surface area contributed by atoms with E-state index in [1.54, 1.807) is 18.2 Å². The number of nitrogens with zero attached hydrogens (tertiary/aromatic N) is 1. The highest BCUT2D eigenvalue weighted by Gasteiger charge is 2.06. The van der Waals surface area contributed by atoms with Gasteiger partial charge in [-0.15, -0.1) is 0 Å². The Morgan fingerprint density at radius 1 is 1.21 bits per heavy atom. The van der Waals surface area contributed by atoms with Crippen LogP contribution in [0.2, 0.25) is 5.02 Å². The SMILES string of the molecule is Nc1ccc2nc(Nc3ccc(F)cc3Cl)[nH]c2c1. The molecular formula is C13H10ClFN4. The third kappa shape index (κ3) is 2.32. The van der Waals surface area contributed by atoms with E-state index >= 15 is 0 Å². The normalized spacial score (nSPS) is 10.8. The van der Waals surface area contributed by atoms with Gasteiger partial charge in [0.25, 0.3) is 0 Å². The van der Waals surface area contributed by atoms with Gasteiger partial charge in [-0.2, -0.15) is 0 Å². The van der Waals surface area contributed by atoms with Gasteiger partial charge < -0.3 is 16.0 Å². The number of rotatable bonds is 2. The molecule has 0 amide bonds. The number of hydrogen-bond acceptors (Lipinski definition) is 3. The molecule has 0 bridgehead atoms. The molecule has 0 spiro atoms. The van der Waals surface area contributed by atoms with Crippen LogP contribution in [0.1, 0.15) is 0 Å². The van der Waals surface area contributed by atoms with Gasteiger partial charge in [0, 0.05) is 5.69 Å². The molecule has 4 nitrogen and oxygen atoms in total. The van der Waals surface area contributed by atoms with Crippen LogP contribution in [-0.4, -0.2) is 9.97 Å². The van der Waals surface area contributed by atoms with Gasteiger partial charge in [-0.3, -0.25) is 0 Å². The first kappa shape index (κ1) is 11.8. The molecule has 4 N–H and O–H groups in total. The summed E-state index contributed by atoms with van der Waals surface area (Å²) in [6.07, 6.45) is 0. The fourth-order valence-electron chi connectivity index (χ4n) is 1.80. The van der Waals surface area contributed by atoms with Gasteiger partial charge in [0.1, 0.15) is 5.82 Å². The maximum Gasteiger partial charge on any atom is 0.205 e. The Bertz CT molecular complexity index is 753. The highest BCUT2D eigenvalue weighted by Crippen LogP contribution is 2.26. The Labute approximate surface area is 113 Å². The van der Waals surface area contributed by atoms with Crippen LogP contribution in [0.3, 0.4) is 0 Å². The van der Waals surface area contributed by atoms with E-state index < -0.39 is 0 Å². The van der Waals surface area contributed by atoms with Crippen LogP contribution in [0.5, 0.6) is 0 Å². The number of imidazole rings is 1. The molecule has 3 rings (SSSR count). The minimum Gasteiger partial charge on any atom is -0.399 e. The Balaban J connectivity index is 1.96. The van der Waals surface area contributed by atoms with Crippen LogP contribution >= 0.6 is 11.6 Å². The Morgan fingerprint density at radius 3 is 2.84 bits per heavy atom. The third-order valence-electron chi connectivity index (χ3n) is 2.69. The molecule has 1 aromatic heterocycles. The second-order valence-corrected chi connectivity index (χ2v) is 4.52. The van der Waals surface area contributed by atoms with Crippen molar-refractivity contribution in [1.82, 2.24) is 9.97 Å². The summed E-state index contributed by atoms with van der Waals surface area (Å²) in [4.78, 5) is 7.41. The first-order valence-electron chi connectivity index (χ1n) is 5.59. The number of benzene rings is 2. The highest BCUT2D eigenvalue weighted by atomic mass is 35.5. The topological polar surface area (TPSA) is 66.7 Å². The maximum absolute atomic E-state index is 12.9. The lowest BCUT2D eigenvalue weighted by Crippen LogP contribution is -1.93. The summed E-state index contributed by atoms with van der Waals surface area (Å²) in [6, 6.07) is 9.51. The van der Waals surface area contributed by atoms with E-state index in [-0.39, 0.29) is 5.82 Å². The first-order chi connectivity index (χ1) is 9.11. The van der Waals surface area contributed by atoms with Crippen LogP contribution in [0, 0.1) is 5.82 Å². The Kier molecular flexibility index (Phi) is 2.76. The van der Waals surface area contributed by atoms with E-state index in [2.05, 4.69) is 15.3 Å². The number of anilines is 3. The van der Waals surface area contributed by atoms with Crippen molar-refractivity contribution in [3.05, 3.63) is 47.2 Å². The summed E-state index contributed by atoms with van der Waals surface area (Å²) in [7, 11) is 0. The predicted molar refractivity (Wildman–Crippen MR) is 75.2 cm³/mol. The van der Waals surface area contributed by atoms with Crippen molar-refractivity contribution in [3.8, 4) is 0 Å². The highest BCUT2D eigenvalue weighted by molar-refractivity contribution is 6.33. The molecule has 0 fully saturated rings. The zero-order valence-corrected chi connectivity index (χ0v) is 10.5. The lowest BCUT2D eigenvalue weighted by atomic mass is 10.3. The van der Waals surface area contributed by atoms with Crippen molar-refractivity contribution in [2.75, 3.05) is 11.1 Å². The monoisotopic (exact) mass is 276 g/mol. The molecule has 0 aliphatic rings. The Morgan fingerprint density at radius 2 is 2.05 bits per heavy atom. The molecule has 2 aromatic carbocycles. The van der Waals surface area contributed by atoms with Crippen molar-refractivity contribution in [2.45, 2.75) is 0 Å². The van der Waals surface area contributed by atoms with Crippen LogP contribution in [-0.2, 0) is 0 Å². The molecule has 6 heteroatoms. The van der Waals surface area contributed by atoms with Gasteiger partial charge in [-0.05, 0) is 36.4 Å². The molecule has 0 saturated heterocycles. The van der Waals surface area contributed by atoms with Gasteiger partial charge in [0.2, 0.25) is 5.95 Å². The minimum absolute atomic E-state index is 0.292. The van der Waals surface area contributed by atoms with Gasteiger partial charge in [-0.25, -0.2) is 9.37 Å². The fraction of sp³-hybridized carbons (Fsp3) is 0. The van der Waals surface area contributed by atoms with E-state index in [1.165, 1.54) is 12.1 Å².